The first-order chi connectivity index (χ1) is 21.2. The van der Waals surface area contributed by atoms with Gasteiger partial charge in [-0.3, -0.25) is 4.79 Å². The highest BCUT2D eigenvalue weighted by Gasteiger charge is 2.32. The third-order valence-electron chi connectivity index (χ3n) is 6.30. The molecular weight excluding hydrogens is 700 g/mol. The number of hydrogen-bond donors (Lipinski definition) is 3. The van der Waals surface area contributed by atoms with E-state index in [1.54, 1.807) is 32.0 Å². The van der Waals surface area contributed by atoms with Crippen molar-refractivity contribution in [2.45, 2.75) is 26.5 Å². The van der Waals surface area contributed by atoms with E-state index in [-0.39, 0.29) is 24.5 Å². The second-order valence-electron chi connectivity index (χ2n) is 9.36. The zero-order valence-corrected chi connectivity index (χ0v) is 27.3. The molecule has 3 aromatic carbocycles. The molecular formula is C31H30Br2N4O7. The van der Waals surface area contributed by atoms with Crippen LogP contribution in [0.25, 0.3) is 0 Å². The van der Waals surface area contributed by atoms with E-state index in [0.717, 1.165) is 14.5 Å². The first-order valence-corrected chi connectivity index (χ1v) is 15.0. The van der Waals surface area contributed by atoms with Crippen LogP contribution < -0.4 is 30.3 Å². The molecule has 3 N–H and O–H groups in total. The van der Waals surface area contributed by atoms with Gasteiger partial charge in [0.05, 0.1) is 36.0 Å². The van der Waals surface area contributed by atoms with Crippen LogP contribution in [0.4, 0.5) is 4.79 Å². The molecule has 0 radical (unpaired) electrons. The molecule has 0 fully saturated rings. The van der Waals surface area contributed by atoms with Crippen LogP contribution in [-0.2, 0) is 20.9 Å². The van der Waals surface area contributed by atoms with Crippen molar-refractivity contribution in [2.24, 2.45) is 5.10 Å². The van der Waals surface area contributed by atoms with Crippen LogP contribution in [-0.4, -0.2) is 44.4 Å². The van der Waals surface area contributed by atoms with Gasteiger partial charge in [0, 0.05) is 15.7 Å². The average Bonchev–Trinajstić information content (AvgIpc) is 2.99. The normalized spacial score (nSPS) is 14.5. The van der Waals surface area contributed by atoms with E-state index in [1.807, 2.05) is 42.5 Å². The fourth-order valence-electron chi connectivity index (χ4n) is 4.31. The molecule has 1 aliphatic rings. The number of methoxy groups -OCH3 is 1. The lowest BCUT2D eigenvalue weighted by Gasteiger charge is -2.28. The minimum Gasteiger partial charge on any atom is -0.493 e. The highest BCUT2D eigenvalue weighted by molar-refractivity contribution is 9.11. The van der Waals surface area contributed by atoms with Crippen molar-refractivity contribution in [3.05, 3.63) is 97.6 Å². The summed E-state index contributed by atoms with van der Waals surface area (Å²) >= 11 is 6.99. The summed E-state index contributed by atoms with van der Waals surface area (Å²) < 4.78 is 23.9. The number of hydrogen-bond acceptors (Lipinski definition) is 8. The van der Waals surface area contributed by atoms with Crippen LogP contribution in [0.2, 0.25) is 0 Å². The predicted octanol–water partition coefficient (Wildman–Crippen LogP) is 5.52. The number of urea groups is 1. The lowest BCUT2D eigenvalue weighted by atomic mass is 9.95. The van der Waals surface area contributed by atoms with Crippen molar-refractivity contribution < 1.29 is 33.3 Å². The van der Waals surface area contributed by atoms with Crippen LogP contribution in [0.3, 0.4) is 0 Å². The molecule has 0 unspecified atom stereocenters. The third-order valence-corrected chi connectivity index (χ3v) is 7.35. The summed E-state index contributed by atoms with van der Waals surface area (Å²) in [5.74, 6) is 0.0801. The van der Waals surface area contributed by atoms with Crippen molar-refractivity contribution in [3.8, 4) is 17.2 Å². The molecule has 1 heterocycles. The van der Waals surface area contributed by atoms with Crippen molar-refractivity contribution in [3.63, 3.8) is 0 Å². The van der Waals surface area contributed by atoms with Gasteiger partial charge in [-0.2, -0.15) is 5.10 Å². The second-order valence-corrected chi connectivity index (χ2v) is 11.1. The molecule has 44 heavy (non-hydrogen) atoms. The fraction of sp³-hybridized carbons (Fsp3) is 0.226. The number of nitrogens with zero attached hydrogens (tertiary/aromatic N) is 1. The summed E-state index contributed by atoms with van der Waals surface area (Å²) in [6, 6.07) is 17.1. The lowest BCUT2D eigenvalue weighted by Crippen LogP contribution is -2.45. The molecule has 3 amide bonds. The molecule has 1 atom stereocenters. The van der Waals surface area contributed by atoms with E-state index in [0.29, 0.717) is 34.9 Å². The molecule has 230 valence electrons. The maximum atomic E-state index is 12.6. The van der Waals surface area contributed by atoms with Crippen LogP contribution >= 0.6 is 31.9 Å². The highest BCUT2D eigenvalue weighted by atomic mass is 79.9. The summed E-state index contributed by atoms with van der Waals surface area (Å²) in [5.41, 5.74) is 5.31. The average molecular weight is 730 g/mol. The molecule has 1 aliphatic heterocycles. The topological polar surface area (TPSA) is 137 Å². The Morgan fingerprint density at radius 2 is 1.82 bits per heavy atom. The van der Waals surface area contributed by atoms with Gasteiger partial charge in [0.25, 0.3) is 5.91 Å². The maximum Gasteiger partial charge on any atom is 0.338 e. The molecule has 3 aromatic rings. The van der Waals surface area contributed by atoms with E-state index in [9.17, 15) is 14.4 Å². The number of carbonyl (C=O) groups excluding carboxylic acids is 3. The number of rotatable bonds is 12. The first kappa shape index (κ1) is 32.6. The van der Waals surface area contributed by atoms with E-state index in [1.165, 1.54) is 13.3 Å². The van der Waals surface area contributed by atoms with Crippen LogP contribution in [0, 0.1) is 0 Å². The van der Waals surface area contributed by atoms with Gasteiger partial charge in [0.15, 0.2) is 18.1 Å². The Kier molecular flexibility index (Phi) is 11.4. The van der Waals surface area contributed by atoms with Gasteiger partial charge >= 0.3 is 12.0 Å². The number of amides is 3. The molecule has 11 nitrogen and oxygen atoms in total. The molecule has 0 saturated heterocycles. The summed E-state index contributed by atoms with van der Waals surface area (Å²) in [6.45, 7) is 3.51. The van der Waals surface area contributed by atoms with Crippen LogP contribution in [0.1, 0.15) is 36.6 Å². The molecule has 0 aromatic heterocycles. The van der Waals surface area contributed by atoms with E-state index >= 15 is 0 Å². The monoisotopic (exact) mass is 728 g/mol. The van der Waals surface area contributed by atoms with Gasteiger partial charge < -0.3 is 29.6 Å². The maximum absolute atomic E-state index is 12.6. The molecule has 0 saturated carbocycles. The summed E-state index contributed by atoms with van der Waals surface area (Å²) in [6.07, 6.45) is 1.48. The van der Waals surface area contributed by atoms with Gasteiger partial charge in [-0.05, 0) is 65.2 Å². The van der Waals surface area contributed by atoms with Crippen molar-refractivity contribution in [2.75, 3.05) is 20.3 Å². The van der Waals surface area contributed by atoms with Crippen molar-refractivity contribution >= 4 is 56.0 Å². The number of esters is 1. The smallest absolute Gasteiger partial charge is 0.338 e. The summed E-state index contributed by atoms with van der Waals surface area (Å²) in [5, 5.41) is 9.40. The van der Waals surface area contributed by atoms with Crippen molar-refractivity contribution in [1.82, 2.24) is 16.1 Å². The standard InChI is InChI=1S/C31H30Br2N4O7/c1-4-42-30(39)27-18(2)35-31(40)36-28(27)20-10-11-24(25(13-20)41-3)43-17-26(38)37-34-15-21-12-22(32)14-23(33)29(21)44-16-19-8-6-5-7-9-19/h5-15,28H,4,16-17H2,1-3H3,(H,37,38)(H2,35,36,40)/b34-15+/t28-/m1/s1. The Morgan fingerprint density at radius 1 is 1.05 bits per heavy atom. The fourth-order valence-corrected chi connectivity index (χ4v) is 5.69. The van der Waals surface area contributed by atoms with E-state index < -0.39 is 23.9 Å². The molecule has 0 spiro atoms. The van der Waals surface area contributed by atoms with Crippen molar-refractivity contribution in [1.29, 1.82) is 0 Å². The number of ether oxygens (including phenoxy) is 4. The Hall–Kier alpha value is -4.36. The molecule has 0 aliphatic carbocycles. The van der Waals surface area contributed by atoms with E-state index in [4.69, 9.17) is 18.9 Å². The van der Waals surface area contributed by atoms with Gasteiger partial charge in [0.1, 0.15) is 12.4 Å². The molecule has 4 rings (SSSR count). The zero-order valence-electron chi connectivity index (χ0n) is 24.1. The van der Waals surface area contributed by atoms with Crippen LogP contribution in [0.5, 0.6) is 17.2 Å². The Morgan fingerprint density at radius 3 is 2.55 bits per heavy atom. The number of nitrogens with one attached hydrogen (secondary N) is 3. The number of benzene rings is 3. The van der Waals surface area contributed by atoms with E-state index in [2.05, 4.69) is 53.0 Å². The Bertz CT molecular complexity index is 1600. The minimum absolute atomic E-state index is 0.183. The quantitative estimate of drug-likeness (QED) is 0.127. The largest absolute Gasteiger partial charge is 0.493 e. The zero-order chi connectivity index (χ0) is 31.6. The lowest BCUT2D eigenvalue weighted by molar-refractivity contribution is -0.139. The molecule has 0 bridgehead atoms. The number of hydrazone groups is 1. The van der Waals surface area contributed by atoms with Gasteiger partial charge in [-0.25, -0.2) is 15.0 Å². The highest BCUT2D eigenvalue weighted by Crippen LogP contribution is 2.35. The number of halogens is 2. The Labute approximate surface area is 271 Å². The van der Waals surface area contributed by atoms with Gasteiger partial charge in [-0.1, -0.05) is 52.3 Å². The third kappa shape index (κ3) is 8.38. The first-order valence-electron chi connectivity index (χ1n) is 13.4. The molecule has 13 heteroatoms. The minimum atomic E-state index is -0.775. The summed E-state index contributed by atoms with van der Waals surface area (Å²) in [7, 11) is 1.44. The SMILES string of the molecule is CCOC(=O)C1=C(C)NC(=O)N[C@@H]1c1ccc(OCC(=O)N/N=C/c2cc(Br)cc(Br)c2OCc2ccccc2)c(OC)c1. The Balaban J connectivity index is 1.41. The predicted molar refractivity (Wildman–Crippen MR) is 171 cm³/mol. The number of carbonyl (C=O) groups is 3. The van der Waals surface area contributed by atoms with Gasteiger partial charge in [-0.15, -0.1) is 0 Å². The van der Waals surface area contributed by atoms with Gasteiger partial charge in [0.2, 0.25) is 0 Å². The number of allylic oxidation sites excluding steroid dienone is 1. The van der Waals surface area contributed by atoms with Crippen LogP contribution in [0.15, 0.2) is 86.0 Å². The second kappa shape index (κ2) is 15.4. The summed E-state index contributed by atoms with van der Waals surface area (Å²) in [4.78, 5) is 37.3.